The largest absolute Gasteiger partial charge is 0.309 e. The number of rotatable bonds is 4. The van der Waals surface area contributed by atoms with Gasteiger partial charge in [0.1, 0.15) is 0 Å². The van der Waals surface area contributed by atoms with Gasteiger partial charge in [-0.25, -0.2) is 0 Å². The normalized spacial score (nSPS) is 11.5. The van der Waals surface area contributed by atoms with Crippen LogP contribution in [0.15, 0.2) is 121 Å². The van der Waals surface area contributed by atoms with Gasteiger partial charge < -0.3 is 4.57 Å². The number of fused-ring (bicyclic) bond motifs is 1. The number of hydrogen-bond donors (Lipinski definition) is 0. The SMILES string of the molecule is O=P(c1ccccc1)(c1ccccc1)c1ccc(-c2nccc3ccccc23)cc1. The second-order valence-electron chi connectivity index (χ2n) is 7.21. The highest BCUT2D eigenvalue weighted by atomic mass is 31.2. The lowest BCUT2D eigenvalue weighted by Gasteiger charge is -2.20. The van der Waals surface area contributed by atoms with Crippen molar-refractivity contribution in [2.24, 2.45) is 0 Å². The van der Waals surface area contributed by atoms with Gasteiger partial charge in [-0.3, -0.25) is 4.98 Å². The average Bonchev–Trinajstić information content (AvgIpc) is 2.84. The lowest BCUT2D eigenvalue weighted by atomic mass is 10.0. The van der Waals surface area contributed by atoms with E-state index >= 15 is 0 Å². The van der Waals surface area contributed by atoms with Crippen molar-refractivity contribution >= 4 is 33.8 Å². The van der Waals surface area contributed by atoms with Gasteiger partial charge in [-0.2, -0.15) is 0 Å². The number of benzene rings is 4. The van der Waals surface area contributed by atoms with Gasteiger partial charge in [0, 0.05) is 33.1 Å². The average molecular weight is 405 g/mol. The molecule has 30 heavy (non-hydrogen) atoms. The van der Waals surface area contributed by atoms with Crippen molar-refractivity contribution in [3.8, 4) is 11.3 Å². The molecule has 0 unspecified atom stereocenters. The number of pyridine rings is 1. The Morgan fingerprint density at radius 3 is 1.70 bits per heavy atom. The van der Waals surface area contributed by atoms with Gasteiger partial charge in [0.2, 0.25) is 0 Å². The highest BCUT2D eigenvalue weighted by Crippen LogP contribution is 2.42. The molecule has 1 aromatic heterocycles. The Hall–Kier alpha value is -3.48. The van der Waals surface area contributed by atoms with E-state index in [-0.39, 0.29) is 0 Å². The molecule has 0 spiro atoms. The molecule has 3 heteroatoms. The first-order valence-electron chi connectivity index (χ1n) is 9.93. The van der Waals surface area contributed by atoms with E-state index in [2.05, 4.69) is 17.1 Å². The summed E-state index contributed by atoms with van der Waals surface area (Å²) in [7, 11) is -2.96. The quantitative estimate of drug-likeness (QED) is 0.368. The van der Waals surface area contributed by atoms with Gasteiger partial charge in [0.25, 0.3) is 0 Å². The van der Waals surface area contributed by atoms with E-state index in [1.165, 1.54) is 0 Å². The third kappa shape index (κ3) is 3.16. The second kappa shape index (κ2) is 7.74. The molecular formula is C27H20NOP. The van der Waals surface area contributed by atoms with E-state index in [1.807, 2.05) is 109 Å². The molecule has 0 saturated carbocycles. The maximum absolute atomic E-state index is 14.5. The molecule has 0 amide bonds. The predicted molar refractivity (Wildman–Crippen MR) is 127 cm³/mol. The van der Waals surface area contributed by atoms with Crippen LogP contribution < -0.4 is 15.9 Å². The molecule has 4 aromatic carbocycles. The minimum Gasteiger partial charge on any atom is -0.309 e. The van der Waals surface area contributed by atoms with Crippen LogP contribution in [0.5, 0.6) is 0 Å². The summed E-state index contributed by atoms with van der Waals surface area (Å²) in [6.45, 7) is 0. The fourth-order valence-corrected chi connectivity index (χ4v) is 6.55. The number of nitrogens with zero attached hydrogens (tertiary/aromatic N) is 1. The van der Waals surface area contributed by atoms with Gasteiger partial charge in [0.15, 0.2) is 7.14 Å². The van der Waals surface area contributed by atoms with Crippen LogP contribution in [0.1, 0.15) is 0 Å². The van der Waals surface area contributed by atoms with Crippen molar-refractivity contribution in [2.45, 2.75) is 0 Å². The lowest BCUT2D eigenvalue weighted by molar-refractivity contribution is 0.592. The van der Waals surface area contributed by atoms with E-state index < -0.39 is 7.14 Å². The Morgan fingerprint density at radius 2 is 1.07 bits per heavy atom. The van der Waals surface area contributed by atoms with Crippen molar-refractivity contribution in [1.29, 1.82) is 0 Å². The summed E-state index contributed by atoms with van der Waals surface area (Å²) in [6.07, 6.45) is 1.84. The molecular weight excluding hydrogens is 385 g/mol. The van der Waals surface area contributed by atoms with Crippen molar-refractivity contribution in [1.82, 2.24) is 4.98 Å². The second-order valence-corrected chi connectivity index (χ2v) is 9.98. The van der Waals surface area contributed by atoms with Gasteiger partial charge in [0.05, 0.1) is 5.69 Å². The molecule has 0 aliphatic carbocycles. The van der Waals surface area contributed by atoms with Crippen molar-refractivity contribution in [3.63, 3.8) is 0 Å². The molecule has 1 heterocycles. The van der Waals surface area contributed by atoms with Gasteiger partial charge in [-0.1, -0.05) is 109 Å². The summed E-state index contributed by atoms with van der Waals surface area (Å²) < 4.78 is 14.5. The zero-order chi connectivity index (χ0) is 20.4. The van der Waals surface area contributed by atoms with E-state index in [9.17, 15) is 4.57 Å². The Kier molecular flexibility index (Phi) is 4.78. The maximum Gasteiger partial charge on any atom is 0.171 e. The molecule has 0 atom stereocenters. The molecule has 0 aliphatic heterocycles. The molecule has 144 valence electrons. The van der Waals surface area contributed by atoms with E-state index in [0.717, 1.165) is 37.9 Å². The van der Waals surface area contributed by atoms with E-state index in [4.69, 9.17) is 0 Å². The lowest BCUT2D eigenvalue weighted by Crippen LogP contribution is -2.24. The fourth-order valence-electron chi connectivity index (χ4n) is 3.90. The summed E-state index contributed by atoms with van der Waals surface area (Å²) >= 11 is 0. The summed E-state index contributed by atoms with van der Waals surface area (Å²) in [5, 5.41) is 4.77. The Bertz CT molecular complexity index is 1300. The van der Waals surface area contributed by atoms with Crippen LogP contribution in [0.4, 0.5) is 0 Å². The molecule has 0 fully saturated rings. The van der Waals surface area contributed by atoms with Crippen molar-refractivity contribution < 1.29 is 4.57 Å². The highest BCUT2D eigenvalue weighted by molar-refractivity contribution is 7.85. The Balaban J connectivity index is 1.65. The van der Waals surface area contributed by atoms with E-state index in [1.54, 1.807) is 0 Å². The third-order valence-corrected chi connectivity index (χ3v) is 8.49. The van der Waals surface area contributed by atoms with Crippen molar-refractivity contribution in [3.05, 3.63) is 121 Å². The maximum atomic E-state index is 14.5. The fraction of sp³-hybridized carbons (Fsp3) is 0. The van der Waals surface area contributed by atoms with Gasteiger partial charge >= 0.3 is 0 Å². The first kappa shape index (κ1) is 18.5. The monoisotopic (exact) mass is 405 g/mol. The number of aromatic nitrogens is 1. The van der Waals surface area contributed by atoms with Gasteiger partial charge in [-0.15, -0.1) is 0 Å². The smallest absolute Gasteiger partial charge is 0.171 e. The standard InChI is InChI=1S/C27H20NOP/c29-30(23-10-3-1-4-11-23,24-12-5-2-6-13-24)25-17-15-22(16-18-25)27-26-14-8-7-9-21(26)19-20-28-27/h1-20H. The van der Waals surface area contributed by atoms with Crippen LogP contribution in [0.25, 0.3) is 22.0 Å². The molecule has 0 aliphatic rings. The first-order valence-corrected chi connectivity index (χ1v) is 11.6. The predicted octanol–water partition coefficient (Wildman–Crippen LogP) is 5.54. The Morgan fingerprint density at radius 1 is 0.533 bits per heavy atom. The van der Waals surface area contributed by atoms with Crippen LogP contribution in [-0.4, -0.2) is 4.98 Å². The molecule has 5 rings (SSSR count). The molecule has 0 radical (unpaired) electrons. The summed E-state index contributed by atoms with van der Waals surface area (Å²) in [5.41, 5.74) is 1.96. The van der Waals surface area contributed by atoms with Gasteiger partial charge in [-0.05, 0) is 11.5 Å². The van der Waals surface area contributed by atoms with Crippen LogP contribution in [-0.2, 0) is 4.57 Å². The number of hydrogen-bond acceptors (Lipinski definition) is 2. The van der Waals surface area contributed by atoms with Crippen LogP contribution in [0.3, 0.4) is 0 Å². The molecule has 5 aromatic rings. The zero-order valence-electron chi connectivity index (χ0n) is 16.3. The first-order chi connectivity index (χ1) is 14.8. The highest BCUT2D eigenvalue weighted by Gasteiger charge is 2.29. The summed E-state index contributed by atoms with van der Waals surface area (Å²) in [4.78, 5) is 4.62. The Labute approximate surface area is 176 Å². The van der Waals surface area contributed by atoms with Crippen LogP contribution in [0.2, 0.25) is 0 Å². The third-order valence-electron chi connectivity index (χ3n) is 5.42. The summed E-state index contributed by atoms with van der Waals surface area (Å²) in [5.74, 6) is 0. The van der Waals surface area contributed by atoms with E-state index in [0.29, 0.717) is 0 Å². The van der Waals surface area contributed by atoms with Crippen molar-refractivity contribution in [2.75, 3.05) is 0 Å². The summed E-state index contributed by atoms with van der Waals surface area (Å²) in [6, 6.07) is 37.8. The molecule has 0 bridgehead atoms. The minimum absolute atomic E-state index is 0.823. The molecule has 0 saturated heterocycles. The minimum atomic E-state index is -2.96. The zero-order valence-corrected chi connectivity index (χ0v) is 17.2. The van der Waals surface area contributed by atoms with Crippen LogP contribution >= 0.6 is 7.14 Å². The topological polar surface area (TPSA) is 30.0 Å². The molecule has 0 N–H and O–H groups in total. The van der Waals surface area contributed by atoms with Crippen LogP contribution in [0, 0.1) is 0 Å². The molecule has 2 nitrogen and oxygen atoms in total.